The number of nitrogens with zero attached hydrogens (tertiary/aromatic N) is 1. The Hall–Kier alpha value is -1.46. The Morgan fingerprint density at radius 1 is 1.33 bits per heavy atom. The fraction of sp³-hybridized carbons (Fsp3) is 0.429. The Morgan fingerprint density at radius 2 is 2.05 bits per heavy atom. The van der Waals surface area contributed by atoms with Crippen LogP contribution in [-0.4, -0.2) is 41.1 Å². The lowest BCUT2D eigenvalue weighted by Gasteiger charge is -2.21. The molecule has 1 amide bonds. The van der Waals surface area contributed by atoms with E-state index in [1.807, 2.05) is 0 Å². The molecule has 1 aliphatic carbocycles. The molecule has 1 fully saturated rings. The normalized spacial score (nSPS) is 13.8. The van der Waals surface area contributed by atoms with Crippen molar-refractivity contribution in [1.82, 2.24) is 4.90 Å². The predicted octanol–water partition coefficient (Wildman–Crippen LogP) is 2.84. The van der Waals surface area contributed by atoms with E-state index in [0.29, 0.717) is 15.8 Å². The molecule has 0 spiro atoms. The first-order chi connectivity index (χ1) is 9.97. The number of carboxylic acid groups (broad SMARTS) is 1. The standard InChI is InChI=1S/C14H15Cl2NO4/c15-9-1-4-11(16)12(7-9)21-8-13(18)17(10-2-3-10)6-5-14(19)20/h1,4,7,10H,2-3,5-6,8H2,(H,19,20). The molecular formula is C14H15Cl2NO4. The van der Waals surface area contributed by atoms with Crippen LogP contribution in [0.15, 0.2) is 18.2 Å². The van der Waals surface area contributed by atoms with Crippen LogP contribution in [0.2, 0.25) is 10.0 Å². The number of hydrogen-bond acceptors (Lipinski definition) is 3. The first-order valence-corrected chi connectivity index (χ1v) is 7.32. The number of amides is 1. The maximum absolute atomic E-state index is 12.1. The van der Waals surface area contributed by atoms with E-state index in [-0.39, 0.29) is 31.5 Å². The van der Waals surface area contributed by atoms with Crippen molar-refractivity contribution in [2.75, 3.05) is 13.2 Å². The molecule has 0 bridgehead atoms. The Bertz CT molecular complexity index is 546. The summed E-state index contributed by atoms with van der Waals surface area (Å²) >= 11 is 11.8. The van der Waals surface area contributed by atoms with E-state index in [2.05, 4.69) is 0 Å². The maximum atomic E-state index is 12.1. The zero-order chi connectivity index (χ0) is 15.4. The minimum atomic E-state index is -0.924. The number of ether oxygens (including phenoxy) is 1. The van der Waals surface area contributed by atoms with Gasteiger partial charge in [-0.25, -0.2) is 0 Å². The molecule has 2 rings (SSSR count). The molecule has 0 aliphatic heterocycles. The van der Waals surface area contributed by atoms with E-state index in [1.54, 1.807) is 17.0 Å². The molecule has 1 aromatic carbocycles. The van der Waals surface area contributed by atoms with Gasteiger partial charge in [-0.3, -0.25) is 9.59 Å². The lowest BCUT2D eigenvalue weighted by atomic mass is 10.3. The van der Waals surface area contributed by atoms with Gasteiger partial charge in [0.1, 0.15) is 5.75 Å². The van der Waals surface area contributed by atoms with E-state index in [1.165, 1.54) is 6.07 Å². The van der Waals surface area contributed by atoms with E-state index in [0.717, 1.165) is 12.8 Å². The summed E-state index contributed by atoms with van der Waals surface area (Å²) in [5.74, 6) is -0.825. The van der Waals surface area contributed by atoms with E-state index in [4.69, 9.17) is 33.0 Å². The minimum Gasteiger partial charge on any atom is -0.482 e. The van der Waals surface area contributed by atoms with Crippen molar-refractivity contribution in [2.45, 2.75) is 25.3 Å². The smallest absolute Gasteiger partial charge is 0.305 e. The first-order valence-electron chi connectivity index (χ1n) is 6.56. The molecule has 0 heterocycles. The van der Waals surface area contributed by atoms with Gasteiger partial charge in [0.2, 0.25) is 0 Å². The highest BCUT2D eigenvalue weighted by molar-refractivity contribution is 6.34. The highest BCUT2D eigenvalue weighted by Gasteiger charge is 2.32. The van der Waals surface area contributed by atoms with Crippen LogP contribution < -0.4 is 4.74 Å². The van der Waals surface area contributed by atoms with Gasteiger partial charge in [-0.05, 0) is 25.0 Å². The summed E-state index contributed by atoms with van der Waals surface area (Å²) in [5.41, 5.74) is 0. The summed E-state index contributed by atoms with van der Waals surface area (Å²) in [5, 5.41) is 9.56. The molecule has 1 aliphatic rings. The van der Waals surface area contributed by atoms with Crippen LogP contribution in [0.1, 0.15) is 19.3 Å². The SMILES string of the molecule is O=C(O)CCN(C(=O)COc1cc(Cl)ccc1Cl)C1CC1. The molecule has 5 nitrogen and oxygen atoms in total. The number of aliphatic carboxylic acids is 1. The predicted molar refractivity (Wildman–Crippen MR) is 78.9 cm³/mol. The van der Waals surface area contributed by atoms with Crippen LogP contribution in [0, 0.1) is 0 Å². The molecule has 0 unspecified atom stereocenters. The fourth-order valence-electron chi connectivity index (χ4n) is 1.92. The summed E-state index contributed by atoms with van der Waals surface area (Å²) < 4.78 is 5.39. The number of halogens is 2. The van der Waals surface area contributed by atoms with Crippen LogP contribution in [0.4, 0.5) is 0 Å². The van der Waals surface area contributed by atoms with Gasteiger partial charge in [-0.15, -0.1) is 0 Å². The minimum absolute atomic E-state index is 0.0693. The topological polar surface area (TPSA) is 66.8 Å². The van der Waals surface area contributed by atoms with Crippen LogP contribution >= 0.6 is 23.2 Å². The summed E-state index contributed by atoms with van der Waals surface area (Å²) in [6, 6.07) is 4.89. The Kier molecular flexibility index (Phi) is 5.31. The molecule has 114 valence electrons. The molecule has 0 radical (unpaired) electrons. The van der Waals surface area contributed by atoms with Crippen molar-refractivity contribution in [3.8, 4) is 5.75 Å². The summed E-state index contributed by atoms with van der Waals surface area (Å²) in [4.78, 5) is 24.3. The number of hydrogen-bond donors (Lipinski definition) is 1. The maximum Gasteiger partial charge on any atom is 0.305 e. The summed E-state index contributed by atoms with van der Waals surface area (Å²) in [6.07, 6.45) is 1.74. The van der Waals surface area contributed by atoms with Gasteiger partial charge in [0.25, 0.3) is 5.91 Å². The molecular weight excluding hydrogens is 317 g/mol. The van der Waals surface area contributed by atoms with Gasteiger partial charge >= 0.3 is 5.97 Å². The summed E-state index contributed by atoms with van der Waals surface area (Å²) in [6.45, 7) is 0.0155. The van der Waals surface area contributed by atoms with Crippen molar-refractivity contribution < 1.29 is 19.4 Å². The van der Waals surface area contributed by atoms with Crippen LogP contribution in [0.3, 0.4) is 0 Å². The molecule has 1 saturated carbocycles. The Balaban J connectivity index is 1.92. The number of carbonyl (C=O) groups excluding carboxylic acids is 1. The van der Waals surface area contributed by atoms with Crippen LogP contribution in [0.5, 0.6) is 5.75 Å². The highest BCUT2D eigenvalue weighted by Crippen LogP contribution is 2.29. The zero-order valence-corrected chi connectivity index (χ0v) is 12.7. The molecule has 1 N–H and O–H groups in total. The van der Waals surface area contributed by atoms with Gasteiger partial charge in [-0.2, -0.15) is 0 Å². The number of rotatable bonds is 7. The first kappa shape index (κ1) is 15.9. The van der Waals surface area contributed by atoms with Crippen molar-refractivity contribution in [2.24, 2.45) is 0 Å². The quantitative estimate of drug-likeness (QED) is 0.834. The van der Waals surface area contributed by atoms with E-state index >= 15 is 0 Å². The van der Waals surface area contributed by atoms with E-state index < -0.39 is 5.97 Å². The van der Waals surface area contributed by atoms with Crippen molar-refractivity contribution in [3.63, 3.8) is 0 Å². The average Bonchev–Trinajstić information content (AvgIpc) is 3.24. The third-order valence-electron chi connectivity index (χ3n) is 3.12. The van der Waals surface area contributed by atoms with Crippen LogP contribution in [-0.2, 0) is 9.59 Å². The molecule has 1 aromatic rings. The van der Waals surface area contributed by atoms with Gasteiger partial charge < -0.3 is 14.7 Å². The monoisotopic (exact) mass is 331 g/mol. The summed E-state index contributed by atoms with van der Waals surface area (Å²) in [7, 11) is 0. The average molecular weight is 332 g/mol. The second-order valence-corrected chi connectivity index (χ2v) is 5.67. The second kappa shape index (κ2) is 7.00. The molecule has 0 aromatic heterocycles. The zero-order valence-electron chi connectivity index (χ0n) is 11.2. The molecule has 7 heteroatoms. The highest BCUT2D eigenvalue weighted by atomic mass is 35.5. The van der Waals surface area contributed by atoms with Gasteiger partial charge in [-0.1, -0.05) is 23.2 Å². The third-order valence-corrected chi connectivity index (χ3v) is 3.67. The van der Waals surface area contributed by atoms with E-state index in [9.17, 15) is 9.59 Å². The van der Waals surface area contributed by atoms with Crippen LogP contribution in [0.25, 0.3) is 0 Å². The molecule has 21 heavy (non-hydrogen) atoms. The number of carbonyl (C=O) groups is 2. The Labute approximate surface area is 132 Å². The lowest BCUT2D eigenvalue weighted by Crippen LogP contribution is -2.38. The van der Waals surface area contributed by atoms with Crippen molar-refractivity contribution in [1.29, 1.82) is 0 Å². The van der Waals surface area contributed by atoms with Crippen molar-refractivity contribution >= 4 is 35.1 Å². The molecule has 0 atom stereocenters. The number of carboxylic acids is 1. The fourth-order valence-corrected chi connectivity index (χ4v) is 2.26. The lowest BCUT2D eigenvalue weighted by molar-refractivity contribution is -0.139. The molecule has 0 saturated heterocycles. The van der Waals surface area contributed by atoms with Gasteiger partial charge in [0.15, 0.2) is 6.61 Å². The second-order valence-electron chi connectivity index (χ2n) is 4.83. The van der Waals surface area contributed by atoms with Crippen molar-refractivity contribution in [3.05, 3.63) is 28.2 Å². The number of benzene rings is 1. The Morgan fingerprint density at radius 3 is 2.67 bits per heavy atom. The van der Waals surface area contributed by atoms with Gasteiger partial charge in [0, 0.05) is 23.7 Å². The third kappa shape index (κ3) is 4.79. The largest absolute Gasteiger partial charge is 0.482 e. The van der Waals surface area contributed by atoms with Gasteiger partial charge in [0.05, 0.1) is 11.4 Å².